The lowest BCUT2D eigenvalue weighted by molar-refractivity contribution is -0.385. The summed E-state index contributed by atoms with van der Waals surface area (Å²) in [5.74, 6) is -0.772. The Morgan fingerprint density at radius 2 is 1.87 bits per heavy atom. The van der Waals surface area contributed by atoms with Crippen molar-refractivity contribution in [1.29, 1.82) is 0 Å². The Morgan fingerprint density at radius 1 is 1.13 bits per heavy atom. The fourth-order valence-electron chi connectivity index (χ4n) is 3.58. The van der Waals surface area contributed by atoms with E-state index in [0.717, 1.165) is 17.8 Å². The maximum absolute atomic E-state index is 12.7. The smallest absolute Gasteiger partial charge is 0.349 e. The number of anilines is 1. The lowest BCUT2D eigenvalue weighted by atomic mass is 10.2. The average Bonchev–Trinajstić information content (AvgIpc) is 2.89. The Bertz CT molecular complexity index is 1660. The number of carbonyl (C=O) groups excluding carboxylic acids is 1. The Hall–Kier alpha value is -5.26. The van der Waals surface area contributed by atoms with Crippen LogP contribution in [0.3, 0.4) is 0 Å². The Kier molecular flexibility index (Phi) is 7.61. The Labute approximate surface area is 215 Å². The minimum Gasteiger partial charge on any atom is -0.490 e. The van der Waals surface area contributed by atoms with Crippen LogP contribution in [0.2, 0.25) is 0 Å². The van der Waals surface area contributed by atoms with Crippen molar-refractivity contribution in [2.45, 2.75) is 13.8 Å². The molecule has 0 unspecified atom stereocenters. The number of para-hydroxylation sites is 1. The number of benzene rings is 3. The molecule has 0 aliphatic rings. The highest BCUT2D eigenvalue weighted by atomic mass is 16.6. The van der Waals surface area contributed by atoms with Crippen LogP contribution in [-0.4, -0.2) is 39.9 Å². The number of nitrogens with one attached hydrogen (secondary N) is 2. The van der Waals surface area contributed by atoms with E-state index >= 15 is 0 Å². The Balaban J connectivity index is 1.63. The van der Waals surface area contributed by atoms with Gasteiger partial charge in [-0.25, -0.2) is 4.79 Å². The summed E-state index contributed by atoms with van der Waals surface area (Å²) in [6.07, 6.45) is 1.12. The van der Waals surface area contributed by atoms with E-state index in [-0.39, 0.29) is 29.1 Å². The molecule has 0 fully saturated rings. The van der Waals surface area contributed by atoms with Gasteiger partial charge in [-0.3, -0.25) is 19.7 Å². The number of aromatic nitrogens is 2. The molecule has 12 nitrogen and oxygen atoms in total. The van der Waals surface area contributed by atoms with E-state index in [2.05, 4.69) is 15.4 Å². The normalized spacial score (nSPS) is 11.0. The van der Waals surface area contributed by atoms with E-state index in [0.29, 0.717) is 15.9 Å². The second-order valence-corrected chi connectivity index (χ2v) is 8.10. The van der Waals surface area contributed by atoms with Gasteiger partial charge in [0.15, 0.2) is 12.4 Å². The standard InChI is InChI=1S/C26H23N5O7/c1-3-37-22-13-17(14-27-30-25(33)19-6-4-5-7-20(19)29-26(30)34)12-21(31(35)36)24(22)38-15-23(32)28-18-10-8-16(2)9-11-18/h4-14H,3,15H2,1-2H3,(H,28,32)(H,29,34). The first kappa shape index (κ1) is 25.8. The zero-order valence-electron chi connectivity index (χ0n) is 20.5. The highest BCUT2D eigenvalue weighted by molar-refractivity contribution is 5.92. The quantitative estimate of drug-likeness (QED) is 0.196. The number of aromatic amines is 1. The second kappa shape index (κ2) is 11.2. The van der Waals surface area contributed by atoms with E-state index in [4.69, 9.17) is 9.47 Å². The first-order valence-electron chi connectivity index (χ1n) is 11.5. The average molecular weight is 517 g/mol. The number of rotatable bonds is 9. The molecule has 194 valence electrons. The van der Waals surface area contributed by atoms with Gasteiger partial charge in [-0.15, -0.1) is 4.68 Å². The second-order valence-electron chi connectivity index (χ2n) is 8.10. The van der Waals surface area contributed by atoms with Crippen molar-refractivity contribution >= 4 is 34.4 Å². The number of hydrogen-bond acceptors (Lipinski definition) is 8. The predicted molar refractivity (Wildman–Crippen MR) is 141 cm³/mol. The van der Waals surface area contributed by atoms with Crippen LogP contribution in [0.1, 0.15) is 18.1 Å². The fraction of sp³-hybridized carbons (Fsp3) is 0.154. The molecular formula is C26H23N5O7. The predicted octanol–water partition coefficient (Wildman–Crippen LogP) is 3.20. The van der Waals surface area contributed by atoms with Crippen molar-refractivity contribution < 1.29 is 19.2 Å². The number of hydrogen-bond donors (Lipinski definition) is 2. The largest absolute Gasteiger partial charge is 0.490 e. The number of ether oxygens (including phenoxy) is 2. The summed E-state index contributed by atoms with van der Waals surface area (Å²) in [5, 5.41) is 18.7. The molecule has 1 heterocycles. The molecule has 38 heavy (non-hydrogen) atoms. The van der Waals surface area contributed by atoms with E-state index in [1.807, 2.05) is 19.1 Å². The van der Waals surface area contributed by atoms with E-state index < -0.39 is 34.4 Å². The van der Waals surface area contributed by atoms with Crippen molar-refractivity contribution in [3.8, 4) is 11.5 Å². The molecule has 0 spiro atoms. The molecule has 0 bridgehead atoms. The SMILES string of the molecule is CCOc1cc(C=Nn2c(=O)[nH]c3ccccc3c2=O)cc([N+](=O)[O-])c1OCC(=O)Nc1ccc(C)cc1. The highest BCUT2D eigenvalue weighted by Gasteiger charge is 2.23. The molecule has 0 aliphatic carbocycles. The summed E-state index contributed by atoms with van der Waals surface area (Å²) < 4.78 is 11.7. The third-order valence-corrected chi connectivity index (χ3v) is 5.34. The zero-order valence-corrected chi connectivity index (χ0v) is 20.5. The first-order valence-corrected chi connectivity index (χ1v) is 11.5. The lowest BCUT2D eigenvalue weighted by Crippen LogP contribution is -2.32. The highest BCUT2D eigenvalue weighted by Crippen LogP contribution is 2.38. The van der Waals surface area contributed by atoms with Crippen molar-refractivity contribution in [2.24, 2.45) is 5.10 Å². The van der Waals surface area contributed by atoms with Gasteiger partial charge in [0, 0.05) is 17.3 Å². The summed E-state index contributed by atoms with van der Waals surface area (Å²) in [5.41, 5.74) is 0.181. The molecule has 4 aromatic rings. The van der Waals surface area contributed by atoms with Crippen LogP contribution in [0.25, 0.3) is 10.9 Å². The fourth-order valence-corrected chi connectivity index (χ4v) is 3.58. The number of aryl methyl sites for hydroxylation is 1. The third kappa shape index (κ3) is 5.75. The molecule has 0 aliphatic heterocycles. The molecular weight excluding hydrogens is 494 g/mol. The van der Waals surface area contributed by atoms with Crippen LogP contribution in [-0.2, 0) is 4.79 Å². The van der Waals surface area contributed by atoms with Gasteiger partial charge in [0.2, 0.25) is 5.75 Å². The molecule has 1 aromatic heterocycles. The monoisotopic (exact) mass is 517 g/mol. The van der Waals surface area contributed by atoms with E-state index in [1.54, 1.807) is 43.3 Å². The van der Waals surface area contributed by atoms with Gasteiger partial charge in [0.25, 0.3) is 11.5 Å². The van der Waals surface area contributed by atoms with E-state index in [9.17, 15) is 24.5 Å². The Morgan fingerprint density at radius 3 is 2.58 bits per heavy atom. The van der Waals surface area contributed by atoms with Gasteiger partial charge in [0.1, 0.15) is 0 Å². The molecule has 2 N–H and O–H groups in total. The summed E-state index contributed by atoms with van der Waals surface area (Å²) >= 11 is 0. The molecule has 12 heteroatoms. The zero-order chi connectivity index (χ0) is 27.2. The van der Waals surface area contributed by atoms with Crippen molar-refractivity contribution in [3.63, 3.8) is 0 Å². The number of nitrogens with zero attached hydrogens (tertiary/aromatic N) is 3. The maximum atomic E-state index is 12.7. The van der Waals surface area contributed by atoms with E-state index in [1.165, 1.54) is 6.07 Å². The molecule has 0 saturated heterocycles. The van der Waals surface area contributed by atoms with Gasteiger partial charge in [-0.1, -0.05) is 29.8 Å². The molecule has 0 radical (unpaired) electrons. The number of carbonyl (C=O) groups is 1. The minimum absolute atomic E-state index is 0.00828. The number of fused-ring (bicyclic) bond motifs is 1. The van der Waals surface area contributed by atoms with Crippen LogP contribution < -0.4 is 26.0 Å². The summed E-state index contributed by atoms with van der Waals surface area (Å²) in [7, 11) is 0. The van der Waals surface area contributed by atoms with Crippen molar-refractivity contribution in [2.75, 3.05) is 18.5 Å². The topological polar surface area (TPSA) is 158 Å². The third-order valence-electron chi connectivity index (χ3n) is 5.34. The molecule has 4 rings (SSSR count). The maximum Gasteiger partial charge on any atom is 0.349 e. The number of nitro groups is 1. The summed E-state index contributed by atoms with van der Waals surface area (Å²) in [6.45, 7) is 3.22. The van der Waals surface area contributed by atoms with Crippen molar-refractivity contribution in [1.82, 2.24) is 9.66 Å². The molecule has 0 atom stereocenters. The van der Waals surface area contributed by atoms with Gasteiger partial charge in [-0.2, -0.15) is 5.10 Å². The molecule has 1 amide bonds. The molecule has 0 saturated carbocycles. The number of nitro benzene ring substituents is 1. The lowest BCUT2D eigenvalue weighted by Gasteiger charge is -2.13. The summed E-state index contributed by atoms with van der Waals surface area (Å²) in [6, 6.07) is 16.1. The first-order chi connectivity index (χ1) is 18.3. The van der Waals surface area contributed by atoms with Crippen LogP contribution in [0.4, 0.5) is 11.4 Å². The van der Waals surface area contributed by atoms with Crippen molar-refractivity contribution in [3.05, 3.63) is 103 Å². The van der Waals surface area contributed by atoms with Crippen LogP contribution >= 0.6 is 0 Å². The van der Waals surface area contributed by atoms with Crippen LogP contribution in [0.5, 0.6) is 11.5 Å². The number of H-pyrrole nitrogens is 1. The number of amides is 1. The minimum atomic E-state index is -0.774. The molecule has 3 aromatic carbocycles. The van der Waals surface area contributed by atoms with Gasteiger partial charge < -0.3 is 19.8 Å². The van der Waals surface area contributed by atoms with Gasteiger partial charge >= 0.3 is 11.4 Å². The van der Waals surface area contributed by atoms with Crippen LogP contribution in [0, 0.1) is 17.0 Å². The van der Waals surface area contributed by atoms with Gasteiger partial charge in [-0.05, 0) is 44.2 Å². The van der Waals surface area contributed by atoms with Crippen LogP contribution in [0.15, 0.2) is 75.4 Å². The van der Waals surface area contributed by atoms with Gasteiger partial charge in [0.05, 0.1) is 28.6 Å². The summed E-state index contributed by atoms with van der Waals surface area (Å²) in [4.78, 5) is 51.2.